The Kier molecular flexibility index (Phi) is 5.04. The van der Waals surface area contributed by atoms with Gasteiger partial charge in [0.2, 0.25) is 0 Å². The van der Waals surface area contributed by atoms with Gasteiger partial charge >= 0.3 is 5.97 Å². The second-order valence-corrected chi connectivity index (χ2v) is 6.43. The zero-order chi connectivity index (χ0) is 17.0. The van der Waals surface area contributed by atoms with Crippen molar-refractivity contribution in [3.8, 4) is 11.3 Å². The molecule has 1 heterocycles. The molecule has 0 N–H and O–H groups in total. The Morgan fingerprint density at radius 2 is 1.96 bits per heavy atom. The molecule has 0 aliphatic carbocycles. The van der Waals surface area contributed by atoms with Gasteiger partial charge in [0.25, 0.3) is 0 Å². The number of hydrogen-bond donors (Lipinski definition) is 0. The smallest absolute Gasteiger partial charge is 0.358 e. The number of benzene rings is 1. The van der Waals surface area contributed by atoms with Gasteiger partial charge in [-0.25, -0.2) is 4.79 Å². The van der Waals surface area contributed by atoms with Gasteiger partial charge in [-0.05, 0) is 29.5 Å². The first-order chi connectivity index (χ1) is 10.9. The lowest BCUT2D eigenvalue weighted by molar-refractivity contribution is 0.0518. The van der Waals surface area contributed by atoms with Gasteiger partial charge in [-0.3, -0.25) is 4.68 Å². The molecule has 0 unspecified atom stereocenters. The number of esters is 1. The van der Waals surface area contributed by atoms with Gasteiger partial charge < -0.3 is 4.74 Å². The average molecular weight is 312 g/mol. The van der Waals surface area contributed by atoms with Crippen molar-refractivity contribution in [2.24, 2.45) is 0 Å². The molecule has 23 heavy (non-hydrogen) atoms. The fraction of sp³-hybridized carbons (Fsp3) is 0.368. The molecule has 0 saturated carbocycles. The molecule has 0 radical (unpaired) electrons. The van der Waals surface area contributed by atoms with Crippen LogP contribution in [0, 0.1) is 0 Å². The molecule has 1 aromatic heterocycles. The second kappa shape index (κ2) is 6.82. The number of rotatable bonds is 5. The summed E-state index contributed by atoms with van der Waals surface area (Å²) in [5.41, 5.74) is 3.59. The van der Waals surface area contributed by atoms with Crippen LogP contribution in [0.5, 0.6) is 0 Å². The van der Waals surface area contributed by atoms with Gasteiger partial charge in [0, 0.05) is 0 Å². The maximum absolute atomic E-state index is 11.9. The van der Waals surface area contributed by atoms with Crippen LogP contribution in [-0.2, 0) is 16.7 Å². The predicted octanol–water partition coefficient (Wildman–Crippen LogP) is 4.21. The van der Waals surface area contributed by atoms with E-state index in [2.05, 4.69) is 56.7 Å². The minimum Gasteiger partial charge on any atom is -0.461 e. The van der Waals surface area contributed by atoms with Crippen molar-refractivity contribution in [2.75, 3.05) is 6.61 Å². The Morgan fingerprint density at radius 1 is 1.30 bits per heavy atom. The Hall–Kier alpha value is -2.36. The van der Waals surface area contributed by atoms with E-state index >= 15 is 0 Å². The van der Waals surface area contributed by atoms with Crippen LogP contribution in [0.15, 0.2) is 43.0 Å². The molecule has 1 aromatic carbocycles. The number of allylic oxidation sites excluding steroid dienone is 1. The van der Waals surface area contributed by atoms with Crippen LogP contribution < -0.4 is 0 Å². The zero-order valence-corrected chi connectivity index (χ0v) is 14.3. The minimum absolute atomic E-state index is 0.107. The molecule has 2 aromatic rings. The van der Waals surface area contributed by atoms with Crippen molar-refractivity contribution in [3.63, 3.8) is 0 Å². The molecule has 0 bridgehead atoms. The standard InChI is InChI=1S/C19H24N2O2/c1-6-12-21-17(13-16(20-21)18(22)23-7-2)14-8-10-15(11-9-14)19(3,4)5/h6,8-11,13H,1,7,12H2,2-5H3. The van der Waals surface area contributed by atoms with E-state index in [9.17, 15) is 4.79 Å². The quantitative estimate of drug-likeness (QED) is 0.613. The molecule has 0 saturated heterocycles. The molecule has 0 spiro atoms. The van der Waals surface area contributed by atoms with Crippen LogP contribution >= 0.6 is 0 Å². The van der Waals surface area contributed by atoms with Crippen LogP contribution in [0.2, 0.25) is 0 Å². The van der Waals surface area contributed by atoms with E-state index in [1.165, 1.54) is 5.56 Å². The van der Waals surface area contributed by atoms with Crippen LogP contribution in [0.25, 0.3) is 11.3 Å². The maximum Gasteiger partial charge on any atom is 0.358 e. The molecule has 4 nitrogen and oxygen atoms in total. The summed E-state index contributed by atoms with van der Waals surface area (Å²) in [6.07, 6.45) is 1.76. The second-order valence-electron chi connectivity index (χ2n) is 6.43. The third-order valence-electron chi connectivity index (χ3n) is 3.61. The lowest BCUT2D eigenvalue weighted by Crippen LogP contribution is -2.10. The summed E-state index contributed by atoms with van der Waals surface area (Å²) in [6, 6.07) is 10.1. The van der Waals surface area contributed by atoms with Crippen molar-refractivity contribution in [3.05, 3.63) is 54.2 Å². The Labute approximate surface area is 137 Å². The van der Waals surface area contributed by atoms with E-state index in [0.717, 1.165) is 11.3 Å². The highest BCUT2D eigenvalue weighted by molar-refractivity contribution is 5.88. The molecular weight excluding hydrogens is 288 g/mol. The summed E-state index contributed by atoms with van der Waals surface area (Å²) in [7, 11) is 0. The molecule has 122 valence electrons. The Balaban J connectivity index is 2.41. The van der Waals surface area contributed by atoms with Crippen molar-refractivity contribution < 1.29 is 9.53 Å². The molecular formula is C19H24N2O2. The summed E-state index contributed by atoms with van der Waals surface area (Å²) in [5, 5.41) is 4.34. The summed E-state index contributed by atoms with van der Waals surface area (Å²) >= 11 is 0. The number of carbonyl (C=O) groups is 1. The highest BCUT2D eigenvalue weighted by Crippen LogP contribution is 2.27. The summed E-state index contributed by atoms with van der Waals surface area (Å²) in [5.74, 6) is -0.400. The number of aromatic nitrogens is 2. The van der Waals surface area contributed by atoms with E-state index in [0.29, 0.717) is 18.8 Å². The summed E-state index contributed by atoms with van der Waals surface area (Å²) in [6.45, 7) is 13.0. The highest BCUT2D eigenvalue weighted by atomic mass is 16.5. The summed E-state index contributed by atoms with van der Waals surface area (Å²) < 4.78 is 6.80. The van der Waals surface area contributed by atoms with E-state index in [-0.39, 0.29) is 5.41 Å². The highest BCUT2D eigenvalue weighted by Gasteiger charge is 2.17. The van der Waals surface area contributed by atoms with Gasteiger partial charge in [0.15, 0.2) is 5.69 Å². The fourth-order valence-electron chi connectivity index (χ4n) is 2.36. The lowest BCUT2D eigenvalue weighted by atomic mass is 9.86. The van der Waals surface area contributed by atoms with Gasteiger partial charge in [0.1, 0.15) is 0 Å². The minimum atomic E-state index is -0.400. The predicted molar refractivity (Wildman–Crippen MR) is 92.5 cm³/mol. The maximum atomic E-state index is 11.9. The van der Waals surface area contributed by atoms with E-state index in [1.807, 2.05) is 0 Å². The average Bonchev–Trinajstić information content (AvgIpc) is 2.91. The molecule has 0 fully saturated rings. The third-order valence-corrected chi connectivity index (χ3v) is 3.61. The Morgan fingerprint density at radius 3 is 2.48 bits per heavy atom. The normalized spacial score (nSPS) is 11.3. The van der Waals surface area contributed by atoms with Gasteiger partial charge in [-0.2, -0.15) is 5.10 Å². The molecule has 0 amide bonds. The first-order valence-electron chi connectivity index (χ1n) is 7.83. The first kappa shape index (κ1) is 17.0. The van der Waals surface area contributed by atoms with E-state index < -0.39 is 5.97 Å². The summed E-state index contributed by atoms with van der Waals surface area (Å²) in [4.78, 5) is 11.9. The number of carbonyl (C=O) groups excluding carboxylic acids is 1. The van der Waals surface area contributed by atoms with Crippen molar-refractivity contribution in [1.29, 1.82) is 0 Å². The lowest BCUT2D eigenvalue weighted by Gasteiger charge is -2.19. The van der Waals surface area contributed by atoms with Crippen LogP contribution in [-0.4, -0.2) is 22.4 Å². The van der Waals surface area contributed by atoms with Crippen molar-refractivity contribution in [2.45, 2.75) is 39.7 Å². The zero-order valence-electron chi connectivity index (χ0n) is 14.3. The van der Waals surface area contributed by atoms with Crippen LogP contribution in [0.4, 0.5) is 0 Å². The molecule has 0 aliphatic heterocycles. The monoisotopic (exact) mass is 312 g/mol. The number of hydrogen-bond acceptors (Lipinski definition) is 3. The van der Waals surface area contributed by atoms with Gasteiger partial charge in [-0.15, -0.1) is 6.58 Å². The number of ether oxygens (including phenoxy) is 1. The Bertz CT molecular complexity index is 691. The van der Waals surface area contributed by atoms with Crippen LogP contribution in [0.1, 0.15) is 43.7 Å². The first-order valence-corrected chi connectivity index (χ1v) is 7.83. The molecule has 4 heteroatoms. The molecule has 0 aliphatic rings. The fourth-order valence-corrected chi connectivity index (χ4v) is 2.36. The molecule has 2 rings (SSSR count). The van der Waals surface area contributed by atoms with Crippen LogP contribution in [0.3, 0.4) is 0 Å². The van der Waals surface area contributed by atoms with Gasteiger partial charge in [0.05, 0.1) is 18.8 Å². The van der Waals surface area contributed by atoms with E-state index in [1.54, 1.807) is 23.7 Å². The van der Waals surface area contributed by atoms with Crippen molar-refractivity contribution in [1.82, 2.24) is 9.78 Å². The molecule has 0 atom stereocenters. The third kappa shape index (κ3) is 3.89. The number of nitrogens with zero attached hydrogens (tertiary/aromatic N) is 2. The SMILES string of the molecule is C=CCn1nc(C(=O)OCC)cc1-c1ccc(C(C)(C)C)cc1. The van der Waals surface area contributed by atoms with E-state index in [4.69, 9.17) is 4.74 Å². The topological polar surface area (TPSA) is 44.1 Å². The largest absolute Gasteiger partial charge is 0.461 e. The van der Waals surface area contributed by atoms with Gasteiger partial charge in [-0.1, -0.05) is 51.1 Å². The van der Waals surface area contributed by atoms with Crippen molar-refractivity contribution >= 4 is 5.97 Å².